The standard InChI is InChI=1S/C20H22N4O3/c1-4-20(2,3)17-13-18(27-24-17)23-19(25)22-14-5-7-15(8-6-14)26-16-9-11-21-12-10-16/h5-13H,4H2,1-3H3,(H2,22,23,25). The smallest absolute Gasteiger partial charge is 0.326 e. The minimum absolute atomic E-state index is 0.107. The summed E-state index contributed by atoms with van der Waals surface area (Å²) in [6.45, 7) is 6.23. The Morgan fingerprint density at radius 1 is 1.07 bits per heavy atom. The second-order valence-electron chi connectivity index (χ2n) is 6.70. The Bertz CT molecular complexity index is 889. The number of benzene rings is 1. The fourth-order valence-electron chi connectivity index (χ4n) is 2.26. The predicted molar refractivity (Wildman–Crippen MR) is 103 cm³/mol. The van der Waals surface area contributed by atoms with Crippen molar-refractivity contribution in [2.75, 3.05) is 10.6 Å². The molecule has 3 aromatic rings. The van der Waals surface area contributed by atoms with Gasteiger partial charge in [-0.15, -0.1) is 0 Å². The highest BCUT2D eigenvalue weighted by Gasteiger charge is 2.23. The first-order valence-electron chi connectivity index (χ1n) is 8.69. The topological polar surface area (TPSA) is 89.3 Å². The number of nitrogens with one attached hydrogen (secondary N) is 2. The lowest BCUT2D eigenvalue weighted by atomic mass is 9.87. The van der Waals surface area contributed by atoms with E-state index in [2.05, 4.69) is 41.5 Å². The molecule has 27 heavy (non-hydrogen) atoms. The molecule has 0 bridgehead atoms. The molecule has 0 radical (unpaired) electrons. The quantitative estimate of drug-likeness (QED) is 0.626. The molecule has 0 spiro atoms. The fraction of sp³-hybridized carbons (Fsp3) is 0.250. The average Bonchev–Trinajstić information content (AvgIpc) is 3.13. The molecule has 0 aliphatic rings. The maximum Gasteiger partial charge on any atom is 0.326 e. The number of aromatic nitrogens is 2. The summed E-state index contributed by atoms with van der Waals surface area (Å²) in [6.07, 6.45) is 4.23. The van der Waals surface area contributed by atoms with Crippen LogP contribution in [-0.2, 0) is 5.41 Å². The Hall–Kier alpha value is -3.35. The largest absolute Gasteiger partial charge is 0.457 e. The van der Waals surface area contributed by atoms with Crippen molar-refractivity contribution in [1.82, 2.24) is 10.1 Å². The minimum atomic E-state index is -0.408. The molecule has 2 aromatic heterocycles. The molecular formula is C20H22N4O3. The molecular weight excluding hydrogens is 344 g/mol. The second kappa shape index (κ2) is 7.90. The van der Waals surface area contributed by atoms with Gasteiger partial charge in [0.05, 0.1) is 5.69 Å². The van der Waals surface area contributed by atoms with Gasteiger partial charge in [0, 0.05) is 29.6 Å². The van der Waals surface area contributed by atoms with E-state index in [1.807, 2.05) is 0 Å². The zero-order chi connectivity index (χ0) is 19.3. The van der Waals surface area contributed by atoms with Crippen molar-refractivity contribution in [2.24, 2.45) is 0 Å². The first-order chi connectivity index (χ1) is 13.0. The molecule has 0 saturated heterocycles. The van der Waals surface area contributed by atoms with Gasteiger partial charge in [-0.25, -0.2) is 4.79 Å². The van der Waals surface area contributed by atoms with Crippen molar-refractivity contribution < 1.29 is 14.1 Å². The number of carbonyl (C=O) groups is 1. The molecule has 3 rings (SSSR count). The van der Waals surface area contributed by atoms with E-state index in [9.17, 15) is 4.79 Å². The van der Waals surface area contributed by atoms with E-state index in [0.717, 1.165) is 12.1 Å². The number of hydrogen-bond donors (Lipinski definition) is 2. The van der Waals surface area contributed by atoms with Crippen LogP contribution in [0, 0.1) is 0 Å². The van der Waals surface area contributed by atoms with E-state index in [-0.39, 0.29) is 5.41 Å². The normalized spacial score (nSPS) is 11.1. The van der Waals surface area contributed by atoms with Crippen molar-refractivity contribution in [2.45, 2.75) is 32.6 Å². The van der Waals surface area contributed by atoms with Gasteiger partial charge in [0.2, 0.25) is 5.88 Å². The highest BCUT2D eigenvalue weighted by atomic mass is 16.5. The molecule has 0 aliphatic heterocycles. The lowest BCUT2D eigenvalue weighted by Crippen LogP contribution is -2.19. The molecule has 0 unspecified atom stereocenters. The van der Waals surface area contributed by atoms with Crippen LogP contribution in [-0.4, -0.2) is 16.2 Å². The third kappa shape index (κ3) is 4.84. The van der Waals surface area contributed by atoms with E-state index >= 15 is 0 Å². The average molecular weight is 366 g/mol. The number of nitrogens with zero attached hydrogens (tertiary/aromatic N) is 2. The van der Waals surface area contributed by atoms with Crippen LogP contribution < -0.4 is 15.4 Å². The fourth-order valence-corrected chi connectivity index (χ4v) is 2.26. The van der Waals surface area contributed by atoms with Crippen LogP contribution >= 0.6 is 0 Å². The van der Waals surface area contributed by atoms with Gasteiger partial charge in [0.25, 0.3) is 0 Å². The summed E-state index contributed by atoms with van der Waals surface area (Å²) in [5, 5.41) is 9.42. The molecule has 0 atom stereocenters. The van der Waals surface area contributed by atoms with Gasteiger partial charge < -0.3 is 14.6 Å². The number of amides is 2. The summed E-state index contributed by atoms with van der Waals surface area (Å²) in [7, 11) is 0. The van der Waals surface area contributed by atoms with Crippen LogP contribution in [0.1, 0.15) is 32.9 Å². The number of urea groups is 1. The number of pyridine rings is 1. The Morgan fingerprint density at radius 3 is 2.41 bits per heavy atom. The predicted octanol–water partition coefficient (Wildman–Crippen LogP) is 5.19. The molecule has 0 fully saturated rings. The molecule has 0 saturated carbocycles. The SMILES string of the molecule is CCC(C)(C)c1cc(NC(=O)Nc2ccc(Oc3ccncc3)cc2)on1. The molecule has 7 heteroatoms. The van der Waals surface area contributed by atoms with Crippen LogP contribution in [0.3, 0.4) is 0 Å². The highest BCUT2D eigenvalue weighted by molar-refractivity contribution is 5.98. The summed E-state index contributed by atoms with van der Waals surface area (Å²) in [4.78, 5) is 16.1. The maximum absolute atomic E-state index is 12.1. The summed E-state index contributed by atoms with van der Waals surface area (Å²) < 4.78 is 10.9. The number of rotatable bonds is 6. The van der Waals surface area contributed by atoms with Gasteiger partial charge in [-0.2, -0.15) is 0 Å². The molecule has 0 aliphatic carbocycles. The van der Waals surface area contributed by atoms with Gasteiger partial charge in [0.1, 0.15) is 11.5 Å². The van der Waals surface area contributed by atoms with Gasteiger partial charge in [0.15, 0.2) is 0 Å². The van der Waals surface area contributed by atoms with E-state index in [1.165, 1.54) is 0 Å². The van der Waals surface area contributed by atoms with Gasteiger partial charge in [-0.1, -0.05) is 25.9 Å². The highest BCUT2D eigenvalue weighted by Crippen LogP contribution is 2.27. The number of ether oxygens (including phenoxy) is 1. The van der Waals surface area contributed by atoms with E-state index in [1.54, 1.807) is 54.9 Å². The number of carbonyl (C=O) groups excluding carboxylic acids is 1. The van der Waals surface area contributed by atoms with Crippen molar-refractivity contribution >= 4 is 17.6 Å². The summed E-state index contributed by atoms with van der Waals surface area (Å²) in [5.41, 5.74) is 1.32. The summed E-state index contributed by atoms with van der Waals surface area (Å²) in [6, 6.07) is 11.9. The van der Waals surface area contributed by atoms with Gasteiger partial charge >= 0.3 is 6.03 Å². The zero-order valence-electron chi connectivity index (χ0n) is 15.5. The number of anilines is 2. The molecule has 140 valence electrons. The summed E-state index contributed by atoms with van der Waals surface area (Å²) >= 11 is 0. The first kappa shape index (κ1) is 18.4. The van der Waals surface area contributed by atoms with Crippen LogP contribution in [0.15, 0.2) is 59.4 Å². The third-order valence-corrected chi connectivity index (χ3v) is 4.32. The van der Waals surface area contributed by atoms with Crippen LogP contribution in [0.2, 0.25) is 0 Å². The van der Waals surface area contributed by atoms with Crippen molar-refractivity contribution in [3.63, 3.8) is 0 Å². The number of hydrogen-bond acceptors (Lipinski definition) is 5. The van der Waals surface area contributed by atoms with E-state index in [0.29, 0.717) is 23.1 Å². The van der Waals surface area contributed by atoms with Crippen molar-refractivity contribution in [3.8, 4) is 11.5 Å². The second-order valence-corrected chi connectivity index (χ2v) is 6.70. The molecule has 2 amide bonds. The van der Waals surface area contributed by atoms with Crippen molar-refractivity contribution in [3.05, 3.63) is 60.6 Å². The monoisotopic (exact) mass is 366 g/mol. The van der Waals surface area contributed by atoms with Crippen LogP contribution in [0.4, 0.5) is 16.4 Å². The lowest BCUT2D eigenvalue weighted by molar-refractivity contribution is 0.261. The maximum atomic E-state index is 12.1. The minimum Gasteiger partial charge on any atom is -0.457 e. The third-order valence-electron chi connectivity index (χ3n) is 4.32. The van der Waals surface area contributed by atoms with Gasteiger partial charge in [-0.3, -0.25) is 10.3 Å². The Kier molecular flexibility index (Phi) is 5.40. The van der Waals surface area contributed by atoms with Crippen LogP contribution in [0.25, 0.3) is 0 Å². The van der Waals surface area contributed by atoms with Crippen LogP contribution in [0.5, 0.6) is 11.5 Å². The van der Waals surface area contributed by atoms with Gasteiger partial charge in [-0.05, 0) is 42.8 Å². The first-order valence-corrected chi connectivity index (χ1v) is 8.69. The Balaban J connectivity index is 1.56. The lowest BCUT2D eigenvalue weighted by Gasteiger charge is -2.18. The molecule has 2 N–H and O–H groups in total. The Morgan fingerprint density at radius 2 is 1.74 bits per heavy atom. The molecule has 1 aromatic carbocycles. The zero-order valence-corrected chi connectivity index (χ0v) is 15.5. The Labute approximate surface area is 157 Å². The van der Waals surface area contributed by atoms with Crippen molar-refractivity contribution in [1.29, 1.82) is 0 Å². The molecule has 2 heterocycles. The molecule has 7 nitrogen and oxygen atoms in total. The summed E-state index contributed by atoms with van der Waals surface area (Å²) in [5.74, 6) is 1.66. The van der Waals surface area contributed by atoms with E-state index < -0.39 is 6.03 Å². The van der Waals surface area contributed by atoms with E-state index in [4.69, 9.17) is 9.26 Å².